The number of nitrogens with two attached hydrogens (primary N) is 1. The van der Waals surface area contributed by atoms with Gasteiger partial charge in [0.1, 0.15) is 0 Å². The molecular formula is C20H22N4O. The lowest BCUT2D eigenvalue weighted by molar-refractivity contribution is 0.119. The molecule has 0 radical (unpaired) electrons. The van der Waals surface area contributed by atoms with Gasteiger partial charge in [-0.15, -0.1) is 0 Å². The van der Waals surface area contributed by atoms with E-state index in [9.17, 15) is 5.11 Å². The van der Waals surface area contributed by atoms with Gasteiger partial charge in [0.15, 0.2) is 5.69 Å². The van der Waals surface area contributed by atoms with Gasteiger partial charge in [0.05, 0.1) is 29.6 Å². The van der Waals surface area contributed by atoms with Crippen LogP contribution >= 0.6 is 0 Å². The highest BCUT2D eigenvalue weighted by Crippen LogP contribution is 2.48. The lowest BCUT2D eigenvalue weighted by Crippen LogP contribution is -2.41. The number of rotatable bonds is 3. The average Bonchev–Trinajstić information content (AvgIpc) is 3.24. The molecule has 1 aromatic heterocycles. The summed E-state index contributed by atoms with van der Waals surface area (Å²) in [5, 5.41) is 10.7. The molecule has 2 heterocycles. The molecule has 4 rings (SSSR count). The Labute approximate surface area is 147 Å². The molecule has 0 spiro atoms. The summed E-state index contributed by atoms with van der Waals surface area (Å²) in [7, 11) is 0. The SMILES string of the molecule is [C-]#[N+]c1ccncc1-c1ccc(N)c(N2C[C@@H](C)C[C@H]2C2(O)CC2)c1. The second-order valence-electron chi connectivity index (χ2n) is 7.39. The minimum atomic E-state index is -0.566. The molecule has 3 N–H and O–H groups in total. The van der Waals surface area contributed by atoms with E-state index < -0.39 is 5.60 Å². The summed E-state index contributed by atoms with van der Waals surface area (Å²) < 4.78 is 0. The van der Waals surface area contributed by atoms with E-state index in [4.69, 9.17) is 12.3 Å². The fourth-order valence-electron chi connectivity index (χ4n) is 3.95. The van der Waals surface area contributed by atoms with Gasteiger partial charge in [-0.1, -0.05) is 13.0 Å². The van der Waals surface area contributed by atoms with Crippen LogP contribution in [-0.4, -0.2) is 28.3 Å². The molecular weight excluding hydrogens is 312 g/mol. The van der Waals surface area contributed by atoms with Gasteiger partial charge in [0.2, 0.25) is 0 Å². The van der Waals surface area contributed by atoms with Gasteiger partial charge in [-0.05, 0) is 48.9 Å². The second-order valence-corrected chi connectivity index (χ2v) is 7.39. The molecule has 0 bridgehead atoms. The van der Waals surface area contributed by atoms with Gasteiger partial charge in [-0.3, -0.25) is 4.98 Å². The Hall–Kier alpha value is -2.58. The molecule has 2 atom stereocenters. The highest BCUT2D eigenvalue weighted by molar-refractivity contribution is 5.83. The van der Waals surface area contributed by atoms with Crippen LogP contribution in [0.2, 0.25) is 0 Å². The summed E-state index contributed by atoms with van der Waals surface area (Å²) >= 11 is 0. The molecule has 25 heavy (non-hydrogen) atoms. The third-order valence-corrected chi connectivity index (χ3v) is 5.46. The summed E-state index contributed by atoms with van der Waals surface area (Å²) in [5.41, 5.74) is 9.71. The molecule has 2 fully saturated rings. The number of aromatic nitrogens is 1. The zero-order valence-electron chi connectivity index (χ0n) is 14.3. The molecule has 1 saturated carbocycles. The van der Waals surface area contributed by atoms with Crippen molar-refractivity contribution in [3.63, 3.8) is 0 Å². The number of nitrogen functional groups attached to an aromatic ring is 1. The van der Waals surface area contributed by atoms with Crippen molar-refractivity contribution in [1.29, 1.82) is 0 Å². The molecule has 1 aromatic carbocycles. The third kappa shape index (κ3) is 2.73. The van der Waals surface area contributed by atoms with Crippen molar-refractivity contribution in [3.8, 4) is 11.1 Å². The van der Waals surface area contributed by atoms with Crippen LogP contribution in [0.5, 0.6) is 0 Å². The second kappa shape index (κ2) is 5.75. The summed E-state index contributed by atoms with van der Waals surface area (Å²) in [6, 6.07) is 7.71. The van der Waals surface area contributed by atoms with Crippen LogP contribution in [0, 0.1) is 12.5 Å². The van der Waals surface area contributed by atoms with E-state index in [1.165, 1.54) is 0 Å². The first-order valence-electron chi connectivity index (χ1n) is 8.72. The van der Waals surface area contributed by atoms with Crippen molar-refractivity contribution >= 4 is 17.1 Å². The monoisotopic (exact) mass is 334 g/mol. The van der Waals surface area contributed by atoms with Gasteiger partial charge in [-0.2, -0.15) is 0 Å². The van der Waals surface area contributed by atoms with Crippen LogP contribution < -0.4 is 10.6 Å². The van der Waals surface area contributed by atoms with Gasteiger partial charge in [0, 0.05) is 24.5 Å². The summed E-state index contributed by atoms with van der Waals surface area (Å²) in [5.74, 6) is 0.523. The van der Waals surface area contributed by atoms with Crippen molar-refractivity contribution in [2.75, 3.05) is 17.2 Å². The predicted octanol–water partition coefficient (Wildman–Crippen LogP) is 3.62. The van der Waals surface area contributed by atoms with Gasteiger partial charge >= 0.3 is 0 Å². The Morgan fingerprint density at radius 1 is 1.36 bits per heavy atom. The maximum absolute atomic E-state index is 10.7. The number of anilines is 2. The normalized spacial score (nSPS) is 24.1. The molecule has 0 unspecified atom stereocenters. The number of benzene rings is 1. The minimum Gasteiger partial charge on any atom is -0.397 e. The maximum atomic E-state index is 10.7. The van der Waals surface area contributed by atoms with Crippen molar-refractivity contribution in [2.45, 2.75) is 37.8 Å². The van der Waals surface area contributed by atoms with Crippen LogP contribution in [-0.2, 0) is 0 Å². The Bertz CT molecular complexity index is 853. The molecule has 0 amide bonds. The van der Waals surface area contributed by atoms with Gasteiger partial charge in [0.25, 0.3) is 0 Å². The van der Waals surface area contributed by atoms with E-state index in [0.29, 0.717) is 17.3 Å². The average molecular weight is 334 g/mol. The van der Waals surface area contributed by atoms with Crippen molar-refractivity contribution in [2.24, 2.45) is 5.92 Å². The quantitative estimate of drug-likeness (QED) is 0.664. The molecule has 2 aliphatic rings. The zero-order chi connectivity index (χ0) is 17.6. The minimum absolute atomic E-state index is 0.120. The lowest BCUT2D eigenvalue weighted by atomic mass is 10.0. The van der Waals surface area contributed by atoms with Crippen LogP contribution in [0.1, 0.15) is 26.2 Å². The molecule has 5 nitrogen and oxygen atoms in total. The summed E-state index contributed by atoms with van der Waals surface area (Å²) in [4.78, 5) is 10.0. The highest BCUT2D eigenvalue weighted by atomic mass is 16.3. The Morgan fingerprint density at radius 2 is 2.16 bits per heavy atom. The maximum Gasteiger partial charge on any atom is 0.197 e. The van der Waals surface area contributed by atoms with Crippen LogP contribution in [0.4, 0.5) is 17.1 Å². The van der Waals surface area contributed by atoms with Crippen LogP contribution in [0.3, 0.4) is 0 Å². The van der Waals surface area contributed by atoms with Gasteiger partial charge < -0.3 is 15.7 Å². The standard InChI is InChI=1S/C20H22N4O/c1-13-9-19(20(25)6-7-20)24(12-13)18-10-14(3-4-16(18)21)15-11-23-8-5-17(15)22-2/h3-5,8,10-11,13,19,25H,6-7,9,12,21H2,1H3/t13-,19-/m0/s1. The Morgan fingerprint density at radius 3 is 2.88 bits per heavy atom. The smallest absolute Gasteiger partial charge is 0.197 e. The highest BCUT2D eigenvalue weighted by Gasteiger charge is 2.53. The van der Waals surface area contributed by atoms with E-state index in [-0.39, 0.29) is 6.04 Å². The molecule has 5 heteroatoms. The Kier molecular flexibility index (Phi) is 3.66. The number of pyridine rings is 1. The largest absolute Gasteiger partial charge is 0.397 e. The van der Waals surface area contributed by atoms with E-state index in [2.05, 4.69) is 21.7 Å². The Balaban J connectivity index is 1.77. The van der Waals surface area contributed by atoms with Gasteiger partial charge in [-0.25, -0.2) is 4.85 Å². The van der Waals surface area contributed by atoms with Crippen LogP contribution in [0.25, 0.3) is 16.0 Å². The van der Waals surface area contributed by atoms with E-state index in [1.807, 2.05) is 18.2 Å². The number of hydrogen-bond acceptors (Lipinski definition) is 4. The molecule has 1 aliphatic carbocycles. The number of aliphatic hydroxyl groups is 1. The lowest BCUT2D eigenvalue weighted by Gasteiger charge is -2.32. The summed E-state index contributed by atoms with van der Waals surface area (Å²) in [6.07, 6.45) is 6.08. The fraction of sp³-hybridized carbons (Fsp3) is 0.400. The number of nitrogens with zero attached hydrogens (tertiary/aromatic N) is 3. The fourth-order valence-corrected chi connectivity index (χ4v) is 3.95. The number of hydrogen-bond donors (Lipinski definition) is 2. The summed E-state index contributed by atoms with van der Waals surface area (Å²) in [6.45, 7) is 10.5. The molecule has 128 valence electrons. The third-order valence-electron chi connectivity index (χ3n) is 5.46. The first-order chi connectivity index (χ1) is 12.0. The van der Waals surface area contributed by atoms with Crippen molar-refractivity contribution in [1.82, 2.24) is 4.98 Å². The zero-order valence-corrected chi connectivity index (χ0v) is 14.3. The predicted molar refractivity (Wildman–Crippen MR) is 99.4 cm³/mol. The van der Waals surface area contributed by atoms with E-state index in [0.717, 1.165) is 42.6 Å². The molecule has 1 aliphatic heterocycles. The van der Waals surface area contributed by atoms with E-state index >= 15 is 0 Å². The van der Waals surface area contributed by atoms with Crippen molar-refractivity contribution < 1.29 is 5.11 Å². The molecule has 1 saturated heterocycles. The van der Waals surface area contributed by atoms with E-state index in [1.54, 1.807) is 18.5 Å². The van der Waals surface area contributed by atoms with Crippen LogP contribution in [0.15, 0.2) is 36.7 Å². The topological polar surface area (TPSA) is 66.7 Å². The first kappa shape index (κ1) is 15.9. The molecule has 2 aromatic rings. The first-order valence-corrected chi connectivity index (χ1v) is 8.72. The van der Waals surface area contributed by atoms with Crippen molar-refractivity contribution in [3.05, 3.63) is 48.1 Å².